The first-order valence-corrected chi connectivity index (χ1v) is 8.30. The van der Waals surface area contributed by atoms with Gasteiger partial charge in [0.15, 0.2) is 0 Å². The fraction of sp³-hybridized carbons (Fsp3) is 0.375. The molecule has 0 unspecified atom stereocenters. The van der Waals surface area contributed by atoms with Crippen LogP contribution >= 0.6 is 11.3 Å². The third-order valence-electron chi connectivity index (χ3n) is 4.01. The molecule has 5 nitrogen and oxygen atoms in total. The molecule has 1 aliphatic rings. The summed E-state index contributed by atoms with van der Waals surface area (Å²) in [4.78, 5) is 26.4. The van der Waals surface area contributed by atoms with Crippen molar-refractivity contribution in [1.29, 1.82) is 0 Å². The summed E-state index contributed by atoms with van der Waals surface area (Å²) in [5, 5.41) is 5.04. The Hall–Kier alpha value is -2.08. The van der Waals surface area contributed by atoms with Gasteiger partial charge in [-0.25, -0.2) is 0 Å². The molecule has 1 aliphatic heterocycles. The van der Waals surface area contributed by atoms with E-state index >= 15 is 0 Å². The monoisotopic (exact) mass is 317 g/mol. The predicted octanol–water partition coefficient (Wildman–Crippen LogP) is 2.28. The van der Waals surface area contributed by atoms with Crippen molar-refractivity contribution in [3.8, 4) is 5.69 Å². The van der Waals surface area contributed by atoms with Crippen LogP contribution < -0.4 is 5.32 Å². The van der Waals surface area contributed by atoms with Gasteiger partial charge >= 0.3 is 0 Å². The minimum atomic E-state index is -0.0278. The molecule has 2 aromatic heterocycles. The van der Waals surface area contributed by atoms with E-state index < -0.39 is 0 Å². The fourth-order valence-electron chi connectivity index (χ4n) is 2.76. The van der Waals surface area contributed by atoms with Gasteiger partial charge in [0.05, 0.1) is 5.69 Å². The molecule has 0 aromatic carbocycles. The van der Waals surface area contributed by atoms with Gasteiger partial charge in [0.25, 0.3) is 5.91 Å². The minimum absolute atomic E-state index is 0.0278. The minimum Gasteiger partial charge on any atom is -0.348 e. The fourth-order valence-corrected chi connectivity index (χ4v) is 3.55. The van der Waals surface area contributed by atoms with Gasteiger partial charge in [0, 0.05) is 38.4 Å². The number of nitrogens with one attached hydrogen (secondary N) is 1. The number of piperidine rings is 1. The molecule has 2 amide bonds. The lowest BCUT2D eigenvalue weighted by molar-refractivity contribution is -0.129. The Morgan fingerprint density at radius 3 is 2.55 bits per heavy atom. The highest BCUT2D eigenvalue weighted by molar-refractivity contribution is 7.12. The van der Waals surface area contributed by atoms with Crippen molar-refractivity contribution in [2.75, 3.05) is 13.1 Å². The Morgan fingerprint density at radius 1 is 1.23 bits per heavy atom. The van der Waals surface area contributed by atoms with Crippen LogP contribution in [0.1, 0.15) is 29.4 Å². The Labute approximate surface area is 133 Å². The molecule has 0 atom stereocenters. The molecule has 1 saturated heterocycles. The van der Waals surface area contributed by atoms with E-state index in [0.29, 0.717) is 0 Å². The maximum atomic E-state index is 12.5. The predicted molar refractivity (Wildman–Crippen MR) is 86.4 cm³/mol. The number of amides is 2. The molecular weight excluding hydrogens is 298 g/mol. The van der Waals surface area contributed by atoms with Crippen LogP contribution in [0, 0.1) is 0 Å². The lowest BCUT2D eigenvalue weighted by Gasteiger charge is -2.31. The van der Waals surface area contributed by atoms with Gasteiger partial charge in [0.1, 0.15) is 4.88 Å². The lowest BCUT2D eigenvalue weighted by atomic mass is 10.0. The van der Waals surface area contributed by atoms with E-state index in [1.807, 2.05) is 45.4 Å². The SMILES string of the molecule is CC(=O)N1CCC(NC(=O)c2sccc2-n2cccc2)CC1. The van der Waals surface area contributed by atoms with E-state index in [4.69, 9.17) is 0 Å². The first-order valence-electron chi connectivity index (χ1n) is 7.42. The zero-order chi connectivity index (χ0) is 15.5. The van der Waals surface area contributed by atoms with E-state index in [1.165, 1.54) is 11.3 Å². The van der Waals surface area contributed by atoms with Gasteiger partial charge in [-0.05, 0) is 36.4 Å². The summed E-state index contributed by atoms with van der Waals surface area (Å²) in [5.41, 5.74) is 0.911. The van der Waals surface area contributed by atoms with Gasteiger partial charge in [-0.2, -0.15) is 0 Å². The molecule has 3 heterocycles. The van der Waals surface area contributed by atoms with E-state index in [2.05, 4.69) is 5.32 Å². The molecule has 1 N–H and O–H groups in total. The summed E-state index contributed by atoms with van der Waals surface area (Å²) in [7, 11) is 0. The number of likely N-dealkylation sites (tertiary alicyclic amines) is 1. The van der Waals surface area contributed by atoms with Crippen LogP contribution in [0.5, 0.6) is 0 Å². The van der Waals surface area contributed by atoms with Crippen LogP contribution in [-0.2, 0) is 4.79 Å². The van der Waals surface area contributed by atoms with Crippen molar-refractivity contribution in [2.45, 2.75) is 25.8 Å². The van der Waals surface area contributed by atoms with E-state index in [-0.39, 0.29) is 17.9 Å². The van der Waals surface area contributed by atoms with Crippen molar-refractivity contribution in [3.63, 3.8) is 0 Å². The molecule has 0 bridgehead atoms. The molecular formula is C16H19N3O2S. The Kier molecular flexibility index (Phi) is 4.29. The average molecular weight is 317 g/mol. The molecule has 22 heavy (non-hydrogen) atoms. The zero-order valence-electron chi connectivity index (χ0n) is 12.5. The molecule has 2 aromatic rings. The van der Waals surface area contributed by atoms with Crippen LogP contribution in [-0.4, -0.2) is 40.4 Å². The molecule has 6 heteroatoms. The number of thiophene rings is 1. The highest BCUT2D eigenvalue weighted by atomic mass is 32.1. The van der Waals surface area contributed by atoms with Crippen LogP contribution in [0.3, 0.4) is 0 Å². The second-order valence-corrected chi connectivity index (χ2v) is 6.40. The molecule has 0 aliphatic carbocycles. The smallest absolute Gasteiger partial charge is 0.263 e. The summed E-state index contributed by atoms with van der Waals surface area (Å²) in [6, 6.07) is 5.98. The Balaban J connectivity index is 1.64. The highest BCUT2D eigenvalue weighted by Gasteiger charge is 2.23. The summed E-state index contributed by atoms with van der Waals surface area (Å²) >= 11 is 1.45. The second-order valence-electron chi connectivity index (χ2n) is 5.48. The van der Waals surface area contributed by atoms with Gasteiger partial charge < -0.3 is 14.8 Å². The standard InChI is InChI=1S/C16H19N3O2S/c1-12(20)18-9-4-13(5-10-18)17-16(21)15-14(6-11-22-15)19-7-2-3-8-19/h2-3,6-8,11,13H,4-5,9-10H2,1H3,(H,17,21). The van der Waals surface area contributed by atoms with Crippen molar-refractivity contribution in [2.24, 2.45) is 0 Å². The highest BCUT2D eigenvalue weighted by Crippen LogP contribution is 2.22. The number of carbonyl (C=O) groups is 2. The van der Waals surface area contributed by atoms with Crippen LogP contribution in [0.4, 0.5) is 0 Å². The molecule has 116 valence electrons. The molecule has 0 radical (unpaired) electrons. The molecule has 1 fully saturated rings. The number of carbonyl (C=O) groups excluding carboxylic acids is 2. The van der Waals surface area contributed by atoms with Gasteiger partial charge in [0.2, 0.25) is 5.91 Å². The average Bonchev–Trinajstić information content (AvgIpc) is 3.18. The maximum absolute atomic E-state index is 12.5. The summed E-state index contributed by atoms with van der Waals surface area (Å²) in [6.45, 7) is 3.03. The van der Waals surface area contributed by atoms with Gasteiger partial charge in [-0.1, -0.05) is 0 Å². The largest absolute Gasteiger partial charge is 0.348 e. The third-order valence-corrected chi connectivity index (χ3v) is 4.91. The number of rotatable bonds is 3. The quantitative estimate of drug-likeness (QED) is 0.944. The number of nitrogens with zero attached hydrogens (tertiary/aromatic N) is 2. The van der Waals surface area contributed by atoms with Crippen molar-refractivity contribution >= 4 is 23.2 Å². The molecule has 3 rings (SSSR count). The van der Waals surface area contributed by atoms with Crippen LogP contribution in [0.15, 0.2) is 36.0 Å². The third kappa shape index (κ3) is 3.06. The first-order chi connectivity index (χ1) is 10.6. The summed E-state index contributed by atoms with van der Waals surface area (Å²) in [5.74, 6) is 0.0814. The van der Waals surface area contributed by atoms with E-state index in [0.717, 1.165) is 36.5 Å². The molecule has 0 saturated carbocycles. The second kappa shape index (κ2) is 6.36. The van der Waals surface area contributed by atoms with Crippen molar-refractivity contribution in [3.05, 3.63) is 40.8 Å². The van der Waals surface area contributed by atoms with Gasteiger partial charge in [-0.3, -0.25) is 9.59 Å². The van der Waals surface area contributed by atoms with Crippen LogP contribution in [0.25, 0.3) is 5.69 Å². The van der Waals surface area contributed by atoms with Gasteiger partial charge in [-0.15, -0.1) is 11.3 Å². The summed E-state index contributed by atoms with van der Waals surface area (Å²) < 4.78 is 1.95. The Bertz CT molecular complexity index is 655. The van der Waals surface area contributed by atoms with E-state index in [1.54, 1.807) is 6.92 Å². The Morgan fingerprint density at radius 2 is 1.91 bits per heavy atom. The van der Waals surface area contributed by atoms with Crippen molar-refractivity contribution < 1.29 is 9.59 Å². The number of aromatic nitrogens is 1. The maximum Gasteiger partial charge on any atom is 0.263 e. The van der Waals surface area contributed by atoms with Crippen LogP contribution in [0.2, 0.25) is 0 Å². The first kappa shape index (κ1) is 14.8. The normalized spacial score (nSPS) is 15.8. The van der Waals surface area contributed by atoms with E-state index in [9.17, 15) is 9.59 Å². The number of hydrogen-bond donors (Lipinski definition) is 1. The number of hydrogen-bond acceptors (Lipinski definition) is 3. The molecule has 0 spiro atoms. The van der Waals surface area contributed by atoms with Crippen molar-refractivity contribution in [1.82, 2.24) is 14.8 Å². The zero-order valence-corrected chi connectivity index (χ0v) is 13.3. The topological polar surface area (TPSA) is 54.3 Å². The summed E-state index contributed by atoms with van der Waals surface area (Å²) in [6.07, 6.45) is 5.50. The lowest BCUT2D eigenvalue weighted by Crippen LogP contribution is -2.45.